The molecule has 0 N–H and O–H groups in total. The maximum absolute atomic E-state index is 12.4. The molecule has 100 valence electrons. The van der Waals surface area contributed by atoms with Crippen molar-refractivity contribution in [2.75, 3.05) is 7.11 Å². The molecule has 2 aromatic rings. The van der Waals surface area contributed by atoms with Crippen LogP contribution in [0.25, 0.3) is 0 Å². The minimum absolute atomic E-state index is 0.549. The van der Waals surface area contributed by atoms with Crippen molar-refractivity contribution in [1.29, 1.82) is 0 Å². The van der Waals surface area contributed by atoms with E-state index in [-0.39, 0.29) is 0 Å². The van der Waals surface area contributed by atoms with Crippen molar-refractivity contribution in [3.8, 4) is 5.75 Å². The van der Waals surface area contributed by atoms with Crippen LogP contribution in [0.5, 0.6) is 5.75 Å². The van der Waals surface area contributed by atoms with Gasteiger partial charge in [0.05, 0.1) is 0 Å². The molecule has 0 spiro atoms. The fourth-order valence-corrected chi connectivity index (χ4v) is 4.22. The maximum Gasteiger partial charge on any atom is 0.440 e. The van der Waals surface area contributed by atoms with Crippen molar-refractivity contribution in [1.82, 2.24) is 0 Å². The molecule has 3 nitrogen and oxygen atoms in total. The molecule has 19 heavy (non-hydrogen) atoms. The molecule has 0 aromatic heterocycles. The summed E-state index contributed by atoms with van der Waals surface area (Å²) in [5.74, 6) is 1.13. The first-order valence-electron chi connectivity index (χ1n) is 5.81. The number of hydrogen-bond donors (Lipinski definition) is 0. The number of rotatable bonds is 6. The second kappa shape index (κ2) is 6.80. The first kappa shape index (κ1) is 14.2. The Kier molecular flexibility index (Phi) is 5.08. The molecule has 2 aromatic carbocycles. The largest absolute Gasteiger partial charge is 0.440 e. The van der Waals surface area contributed by atoms with Gasteiger partial charge in [-0.05, 0) is 29.1 Å². The Morgan fingerprint density at radius 1 is 1.00 bits per heavy atom. The molecule has 0 saturated heterocycles. The number of benzene rings is 2. The molecule has 1 unspecified atom stereocenters. The highest BCUT2D eigenvalue weighted by molar-refractivity contribution is 8.54. The van der Waals surface area contributed by atoms with E-state index in [0.717, 1.165) is 5.56 Å². The Balaban J connectivity index is 2.00. The molecule has 0 bridgehead atoms. The van der Waals surface area contributed by atoms with E-state index in [4.69, 9.17) is 9.05 Å². The fourth-order valence-electron chi connectivity index (χ4n) is 1.45. The van der Waals surface area contributed by atoms with Gasteiger partial charge in [-0.1, -0.05) is 48.5 Å². The van der Waals surface area contributed by atoms with Gasteiger partial charge in [-0.25, -0.2) is 4.57 Å². The molecule has 0 heterocycles. The lowest BCUT2D eigenvalue weighted by atomic mass is 10.2. The molecular formula is C14H15O3PS. The van der Waals surface area contributed by atoms with Crippen LogP contribution in [0, 0.1) is 0 Å². The Morgan fingerprint density at radius 2 is 1.58 bits per heavy atom. The highest BCUT2D eigenvalue weighted by Crippen LogP contribution is 2.60. The summed E-state index contributed by atoms with van der Waals surface area (Å²) in [6.07, 6.45) is 0. The normalized spacial score (nSPS) is 13.7. The average Bonchev–Trinajstić information content (AvgIpc) is 2.47. The molecule has 0 aliphatic heterocycles. The fraction of sp³-hybridized carbons (Fsp3) is 0.143. The topological polar surface area (TPSA) is 35.5 Å². The van der Waals surface area contributed by atoms with Crippen molar-refractivity contribution < 1.29 is 13.6 Å². The predicted octanol–water partition coefficient (Wildman–Crippen LogP) is 4.75. The van der Waals surface area contributed by atoms with Gasteiger partial charge in [-0.15, -0.1) is 0 Å². The van der Waals surface area contributed by atoms with Gasteiger partial charge in [0.25, 0.3) is 0 Å². The zero-order valence-corrected chi connectivity index (χ0v) is 12.3. The van der Waals surface area contributed by atoms with E-state index in [1.165, 1.54) is 18.5 Å². The Labute approximate surface area is 117 Å². The quantitative estimate of drug-likeness (QED) is 0.720. The minimum atomic E-state index is -3.17. The summed E-state index contributed by atoms with van der Waals surface area (Å²) >= 11 is 1.18. The molecule has 2 rings (SSSR count). The van der Waals surface area contributed by atoms with E-state index in [1.807, 2.05) is 48.5 Å². The minimum Gasteiger partial charge on any atom is -0.417 e. The van der Waals surface area contributed by atoms with Crippen molar-refractivity contribution in [3.05, 3.63) is 66.2 Å². The predicted molar refractivity (Wildman–Crippen MR) is 79.4 cm³/mol. The van der Waals surface area contributed by atoms with Crippen LogP contribution in [0.15, 0.2) is 60.7 Å². The van der Waals surface area contributed by atoms with Crippen LogP contribution in [0.1, 0.15) is 5.56 Å². The average molecular weight is 294 g/mol. The third kappa shape index (κ3) is 4.43. The van der Waals surface area contributed by atoms with Crippen LogP contribution in [-0.4, -0.2) is 7.11 Å². The third-order valence-corrected chi connectivity index (χ3v) is 6.08. The highest BCUT2D eigenvalue weighted by atomic mass is 32.7. The summed E-state index contributed by atoms with van der Waals surface area (Å²) in [5, 5.41) is 0. The molecule has 0 aliphatic rings. The third-order valence-electron chi connectivity index (χ3n) is 2.42. The molecule has 0 aliphatic carbocycles. The van der Waals surface area contributed by atoms with Gasteiger partial charge < -0.3 is 4.52 Å². The smallest absolute Gasteiger partial charge is 0.417 e. The molecular weight excluding hydrogens is 279 g/mol. The van der Waals surface area contributed by atoms with E-state index in [9.17, 15) is 4.57 Å². The first-order valence-corrected chi connectivity index (χ1v) is 8.94. The summed E-state index contributed by atoms with van der Waals surface area (Å²) in [5.41, 5.74) is 1.08. The summed E-state index contributed by atoms with van der Waals surface area (Å²) in [6, 6.07) is 18.9. The van der Waals surface area contributed by atoms with Gasteiger partial charge in [-0.2, -0.15) is 0 Å². The van der Waals surface area contributed by atoms with Gasteiger partial charge in [-0.3, -0.25) is 4.52 Å². The molecule has 0 radical (unpaired) electrons. The van der Waals surface area contributed by atoms with Gasteiger partial charge in [0.2, 0.25) is 0 Å². The van der Waals surface area contributed by atoms with E-state index in [1.54, 1.807) is 12.1 Å². The Morgan fingerprint density at radius 3 is 2.16 bits per heavy atom. The van der Waals surface area contributed by atoms with Crippen LogP contribution in [0.3, 0.4) is 0 Å². The lowest BCUT2D eigenvalue weighted by Crippen LogP contribution is -1.92. The van der Waals surface area contributed by atoms with Crippen molar-refractivity contribution in [2.24, 2.45) is 0 Å². The molecule has 0 saturated carbocycles. The number of hydrogen-bond acceptors (Lipinski definition) is 4. The lowest BCUT2D eigenvalue weighted by molar-refractivity contribution is 0.342. The zero-order chi connectivity index (χ0) is 13.6. The van der Waals surface area contributed by atoms with Crippen LogP contribution in [0.2, 0.25) is 0 Å². The lowest BCUT2D eigenvalue weighted by Gasteiger charge is -2.16. The van der Waals surface area contributed by atoms with E-state index in [0.29, 0.717) is 11.5 Å². The van der Waals surface area contributed by atoms with Crippen LogP contribution >= 0.6 is 18.2 Å². The molecule has 0 amide bonds. The monoisotopic (exact) mass is 294 g/mol. The van der Waals surface area contributed by atoms with Crippen molar-refractivity contribution >= 4 is 18.2 Å². The van der Waals surface area contributed by atoms with Gasteiger partial charge >= 0.3 is 6.80 Å². The Hall–Kier alpha value is -1.22. The van der Waals surface area contributed by atoms with E-state index >= 15 is 0 Å². The summed E-state index contributed by atoms with van der Waals surface area (Å²) in [7, 11) is 1.40. The van der Waals surface area contributed by atoms with Gasteiger partial charge in [0, 0.05) is 12.9 Å². The van der Waals surface area contributed by atoms with E-state index < -0.39 is 6.80 Å². The first-order chi connectivity index (χ1) is 9.22. The van der Waals surface area contributed by atoms with E-state index in [2.05, 4.69) is 0 Å². The van der Waals surface area contributed by atoms with Crippen molar-refractivity contribution in [3.63, 3.8) is 0 Å². The number of para-hydroxylation sites is 1. The van der Waals surface area contributed by atoms with Crippen molar-refractivity contribution in [2.45, 2.75) is 5.75 Å². The SMILES string of the molecule is COP(=O)(Oc1ccccc1)SCc1ccccc1. The second-order valence-electron chi connectivity index (χ2n) is 3.79. The van der Waals surface area contributed by atoms with Gasteiger partial charge in [0.15, 0.2) is 0 Å². The molecule has 5 heteroatoms. The zero-order valence-electron chi connectivity index (χ0n) is 10.6. The van der Waals surface area contributed by atoms with Crippen LogP contribution < -0.4 is 4.52 Å². The van der Waals surface area contributed by atoms with Gasteiger partial charge in [0.1, 0.15) is 5.75 Å². The second-order valence-corrected chi connectivity index (χ2v) is 7.90. The standard InChI is InChI=1S/C14H15O3PS/c1-16-18(15,17-14-10-6-3-7-11-14)19-12-13-8-4-2-5-9-13/h2-11H,12H2,1H3. The van der Waals surface area contributed by atoms with Crippen LogP contribution in [-0.2, 0) is 14.8 Å². The summed E-state index contributed by atoms with van der Waals surface area (Å²) < 4.78 is 23.0. The summed E-state index contributed by atoms with van der Waals surface area (Å²) in [6.45, 7) is -3.17. The molecule has 0 fully saturated rings. The van der Waals surface area contributed by atoms with Crippen LogP contribution in [0.4, 0.5) is 0 Å². The Bertz CT molecular complexity index is 545. The summed E-state index contributed by atoms with van der Waals surface area (Å²) in [4.78, 5) is 0. The molecule has 1 atom stereocenters. The maximum atomic E-state index is 12.4. The highest BCUT2D eigenvalue weighted by Gasteiger charge is 2.25.